The Morgan fingerprint density at radius 1 is 1.06 bits per heavy atom. The van der Waals surface area contributed by atoms with Crippen molar-refractivity contribution in [3.8, 4) is 0 Å². The Labute approximate surface area is 109 Å². The van der Waals surface area contributed by atoms with Gasteiger partial charge in [-0.05, 0) is 34.1 Å². The van der Waals surface area contributed by atoms with Gasteiger partial charge in [0.2, 0.25) is 0 Å². The second kappa shape index (κ2) is 8.66. The van der Waals surface area contributed by atoms with E-state index in [2.05, 4.69) is 44.9 Å². The summed E-state index contributed by atoms with van der Waals surface area (Å²) in [5, 5.41) is 9.66. The summed E-state index contributed by atoms with van der Waals surface area (Å²) >= 11 is 0. The molecule has 1 aromatic heterocycles. The standard InChI is InChI=1S/C12H24N6/c1-13-5-4-6-14-11-9-12(17-10-16-11)15-7-8-18(2)3/h9-10,13H,4-8H2,1-3H3,(H2,14,15,16,17). The highest BCUT2D eigenvalue weighted by Crippen LogP contribution is 2.07. The molecular weight excluding hydrogens is 228 g/mol. The maximum Gasteiger partial charge on any atom is 0.131 e. The van der Waals surface area contributed by atoms with Gasteiger partial charge in [0.1, 0.15) is 18.0 Å². The summed E-state index contributed by atoms with van der Waals surface area (Å²) in [6, 6.07) is 1.94. The van der Waals surface area contributed by atoms with E-state index in [1.54, 1.807) is 6.33 Å². The summed E-state index contributed by atoms with van der Waals surface area (Å²) < 4.78 is 0. The van der Waals surface area contributed by atoms with Crippen molar-refractivity contribution in [2.24, 2.45) is 0 Å². The first-order valence-corrected chi connectivity index (χ1v) is 6.31. The van der Waals surface area contributed by atoms with E-state index in [-0.39, 0.29) is 0 Å². The van der Waals surface area contributed by atoms with Crippen LogP contribution in [0, 0.1) is 0 Å². The minimum absolute atomic E-state index is 0.864. The summed E-state index contributed by atoms with van der Waals surface area (Å²) in [6.45, 7) is 3.78. The van der Waals surface area contributed by atoms with Gasteiger partial charge >= 0.3 is 0 Å². The molecule has 0 aliphatic carbocycles. The van der Waals surface area contributed by atoms with E-state index in [0.717, 1.165) is 44.2 Å². The maximum absolute atomic E-state index is 4.19. The van der Waals surface area contributed by atoms with Gasteiger partial charge in [0.05, 0.1) is 0 Å². The van der Waals surface area contributed by atoms with Crippen molar-refractivity contribution in [1.29, 1.82) is 0 Å². The third kappa shape index (κ3) is 6.36. The van der Waals surface area contributed by atoms with Crippen molar-refractivity contribution >= 4 is 11.6 Å². The van der Waals surface area contributed by atoms with E-state index in [9.17, 15) is 0 Å². The molecule has 6 heteroatoms. The Kier molecular flexibility index (Phi) is 7.05. The van der Waals surface area contributed by atoms with Gasteiger partial charge in [-0.3, -0.25) is 0 Å². The molecule has 0 spiro atoms. The molecule has 18 heavy (non-hydrogen) atoms. The fraction of sp³-hybridized carbons (Fsp3) is 0.667. The number of rotatable bonds is 9. The number of nitrogens with one attached hydrogen (secondary N) is 3. The van der Waals surface area contributed by atoms with Gasteiger partial charge in [-0.25, -0.2) is 9.97 Å². The predicted molar refractivity (Wildman–Crippen MR) is 76.1 cm³/mol. The Morgan fingerprint density at radius 3 is 2.33 bits per heavy atom. The van der Waals surface area contributed by atoms with Crippen LogP contribution in [0.15, 0.2) is 12.4 Å². The maximum atomic E-state index is 4.19. The third-order valence-electron chi connectivity index (χ3n) is 2.44. The van der Waals surface area contributed by atoms with E-state index in [1.807, 2.05) is 13.1 Å². The Hall–Kier alpha value is -1.40. The fourth-order valence-corrected chi connectivity index (χ4v) is 1.44. The van der Waals surface area contributed by atoms with Crippen molar-refractivity contribution in [2.45, 2.75) is 6.42 Å². The van der Waals surface area contributed by atoms with Crippen molar-refractivity contribution < 1.29 is 0 Å². The van der Waals surface area contributed by atoms with Crippen molar-refractivity contribution in [2.75, 3.05) is 58.0 Å². The number of hydrogen-bond acceptors (Lipinski definition) is 6. The van der Waals surface area contributed by atoms with Crippen molar-refractivity contribution in [3.63, 3.8) is 0 Å². The van der Waals surface area contributed by atoms with Crippen LogP contribution in [0.5, 0.6) is 0 Å². The molecule has 0 amide bonds. The van der Waals surface area contributed by atoms with Gasteiger partial charge in [0.15, 0.2) is 0 Å². The van der Waals surface area contributed by atoms with E-state index in [4.69, 9.17) is 0 Å². The third-order valence-corrected chi connectivity index (χ3v) is 2.44. The zero-order valence-electron chi connectivity index (χ0n) is 11.5. The first-order chi connectivity index (χ1) is 8.72. The highest BCUT2D eigenvalue weighted by atomic mass is 15.1. The molecule has 0 radical (unpaired) electrons. The van der Waals surface area contributed by atoms with Gasteiger partial charge in [0, 0.05) is 25.7 Å². The highest BCUT2D eigenvalue weighted by molar-refractivity contribution is 5.46. The Balaban J connectivity index is 2.32. The van der Waals surface area contributed by atoms with Crippen molar-refractivity contribution in [3.05, 3.63) is 12.4 Å². The summed E-state index contributed by atoms with van der Waals surface area (Å²) in [5.41, 5.74) is 0. The quantitative estimate of drug-likeness (QED) is 0.555. The van der Waals surface area contributed by atoms with Crippen LogP contribution in [0.2, 0.25) is 0 Å². The number of anilines is 2. The second-order valence-electron chi connectivity index (χ2n) is 4.40. The zero-order chi connectivity index (χ0) is 13.2. The summed E-state index contributed by atoms with van der Waals surface area (Å²) in [6.07, 6.45) is 2.66. The molecule has 0 aliphatic heterocycles. The molecule has 0 fully saturated rings. The van der Waals surface area contributed by atoms with Gasteiger partial charge in [-0.1, -0.05) is 0 Å². The number of aromatic nitrogens is 2. The van der Waals surface area contributed by atoms with Crippen LogP contribution in [0.4, 0.5) is 11.6 Å². The lowest BCUT2D eigenvalue weighted by atomic mass is 10.4. The molecule has 6 nitrogen and oxygen atoms in total. The number of nitrogens with zero attached hydrogens (tertiary/aromatic N) is 3. The summed E-state index contributed by atoms with van der Waals surface area (Å²) in [4.78, 5) is 10.5. The lowest BCUT2D eigenvalue weighted by Crippen LogP contribution is -2.21. The topological polar surface area (TPSA) is 65.1 Å². The van der Waals surface area contributed by atoms with E-state index in [1.165, 1.54) is 0 Å². The minimum atomic E-state index is 0.864. The molecule has 0 unspecified atom stereocenters. The van der Waals surface area contributed by atoms with Gasteiger partial charge in [-0.15, -0.1) is 0 Å². The van der Waals surface area contributed by atoms with Crippen molar-refractivity contribution in [1.82, 2.24) is 20.2 Å². The van der Waals surface area contributed by atoms with Crippen LogP contribution in [0.1, 0.15) is 6.42 Å². The summed E-state index contributed by atoms with van der Waals surface area (Å²) in [5.74, 6) is 1.73. The van der Waals surface area contributed by atoms with Crippen LogP contribution >= 0.6 is 0 Å². The monoisotopic (exact) mass is 252 g/mol. The molecule has 0 aliphatic rings. The van der Waals surface area contributed by atoms with Gasteiger partial charge in [0.25, 0.3) is 0 Å². The first kappa shape index (κ1) is 14.7. The molecule has 0 atom stereocenters. The minimum Gasteiger partial charge on any atom is -0.370 e. The molecular formula is C12H24N6. The molecule has 0 bridgehead atoms. The van der Waals surface area contributed by atoms with Crippen LogP contribution in [-0.4, -0.2) is 62.2 Å². The largest absolute Gasteiger partial charge is 0.370 e. The SMILES string of the molecule is CNCCCNc1cc(NCCN(C)C)ncn1. The van der Waals surface area contributed by atoms with Crippen LogP contribution in [-0.2, 0) is 0 Å². The molecule has 3 N–H and O–H groups in total. The normalized spacial score (nSPS) is 10.7. The smallest absolute Gasteiger partial charge is 0.131 e. The molecule has 1 rings (SSSR count). The molecule has 1 heterocycles. The average Bonchev–Trinajstić information content (AvgIpc) is 2.35. The molecule has 0 saturated carbocycles. The molecule has 1 aromatic rings. The summed E-state index contributed by atoms with van der Waals surface area (Å²) in [7, 11) is 6.06. The Bertz CT molecular complexity index is 328. The average molecular weight is 252 g/mol. The molecule has 0 aromatic carbocycles. The zero-order valence-corrected chi connectivity index (χ0v) is 11.5. The molecule has 102 valence electrons. The van der Waals surface area contributed by atoms with E-state index < -0.39 is 0 Å². The Morgan fingerprint density at radius 2 is 1.72 bits per heavy atom. The van der Waals surface area contributed by atoms with E-state index in [0.29, 0.717) is 0 Å². The fourth-order valence-electron chi connectivity index (χ4n) is 1.44. The van der Waals surface area contributed by atoms with Crippen LogP contribution in [0.3, 0.4) is 0 Å². The number of hydrogen-bond donors (Lipinski definition) is 3. The highest BCUT2D eigenvalue weighted by Gasteiger charge is 1.98. The lowest BCUT2D eigenvalue weighted by Gasteiger charge is -2.11. The van der Waals surface area contributed by atoms with Crippen LogP contribution in [0.25, 0.3) is 0 Å². The second-order valence-corrected chi connectivity index (χ2v) is 4.40. The predicted octanol–water partition coefficient (Wildman–Crippen LogP) is 0.472. The van der Waals surface area contributed by atoms with E-state index >= 15 is 0 Å². The van der Waals surface area contributed by atoms with Gasteiger partial charge < -0.3 is 20.9 Å². The first-order valence-electron chi connectivity index (χ1n) is 6.31. The van der Waals surface area contributed by atoms with Crippen LogP contribution < -0.4 is 16.0 Å². The molecule has 0 saturated heterocycles. The van der Waals surface area contributed by atoms with Gasteiger partial charge in [-0.2, -0.15) is 0 Å². The number of likely N-dealkylation sites (N-methyl/N-ethyl adjacent to an activating group) is 1. The lowest BCUT2D eigenvalue weighted by molar-refractivity contribution is 0.425.